The van der Waals surface area contributed by atoms with Crippen LogP contribution < -0.4 is 16.0 Å². The van der Waals surface area contributed by atoms with Crippen molar-refractivity contribution in [2.45, 2.75) is 11.8 Å². The number of halogens is 2. The van der Waals surface area contributed by atoms with Gasteiger partial charge in [-0.15, -0.1) is 11.8 Å². The lowest BCUT2D eigenvalue weighted by Crippen LogP contribution is -2.30. The third-order valence-electron chi connectivity index (χ3n) is 5.87. The van der Waals surface area contributed by atoms with Crippen LogP contribution in [-0.4, -0.2) is 29.3 Å². The molecule has 4 aromatic carbocycles. The molecular weight excluding hydrogens is 593 g/mol. The van der Waals surface area contributed by atoms with Crippen molar-refractivity contribution in [3.05, 3.63) is 129 Å². The second kappa shape index (κ2) is 14.5. The quantitative estimate of drug-likeness (QED) is 0.0981. The van der Waals surface area contributed by atoms with Gasteiger partial charge >= 0.3 is 0 Å². The fraction of sp³-hybridized carbons (Fsp3) is 0.0625. The van der Waals surface area contributed by atoms with E-state index >= 15 is 0 Å². The van der Waals surface area contributed by atoms with Gasteiger partial charge in [-0.3, -0.25) is 19.2 Å². The van der Waals surface area contributed by atoms with Crippen LogP contribution in [0.5, 0.6) is 0 Å². The molecule has 3 amide bonds. The molecule has 0 atom stereocenters. The fourth-order valence-electron chi connectivity index (χ4n) is 3.70. The zero-order chi connectivity index (χ0) is 30.1. The fourth-order valence-corrected chi connectivity index (χ4v) is 4.91. The monoisotopic (exact) mass is 617 g/mol. The Morgan fingerprint density at radius 2 is 1.31 bits per heavy atom. The zero-order valence-corrected chi connectivity index (χ0v) is 24.6. The Kier molecular flexibility index (Phi) is 10.6. The van der Waals surface area contributed by atoms with Crippen LogP contribution in [-0.2, 0) is 9.59 Å². The average molecular weight is 619 g/mol. The smallest absolute Gasteiger partial charge is 0.272 e. The zero-order valence-electron chi connectivity index (χ0n) is 22.3. The Morgan fingerprint density at radius 3 is 1.93 bits per heavy atom. The number of nitrogens with one attached hydrogen (secondary N) is 3. The van der Waals surface area contributed by atoms with Crippen molar-refractivity contribution in [3.8, 4) is 0 Å². The molecule has 0 fully saturated rings. The first-order chi connectivity index (χ1) is 20.2. The number of anilines is 2. The van der Waals surface area contributed by atoms with Gasteiger partial charge in [0, 0.05) is 43.0 Å². The number of ketones is 1. The molecule has 0 saturated carbocycles. The van der Waals surface area contributed by atoms with Crippen LogP contribution in [0, 0.1) is 0 Å². The van der Waals surface area contributed by atoms with Gasteiger partial charge in [-0.2, -0.15) is 0 Å². The van der Waals surface area contributed by atoms with Crippen LogP contribution in [0.25, 0.3) is 6.08 Å². The molecule has 4 rings (SSSR count). The van der Waals surface area contributed by atoms with E-state index in [1.165, 1.54) is 24.8 Å². The standard InChI is InChI=1S/C32H25Cl2N3O4S/c1-20(38)21-10-12-23(13-11-21)35-30(39)19-42-25-16-14-24(15-17-25)36-32(41)29(18-26-27(33)8-5-9-28(26)34)37-31(40)22-6-3-2-4-7-22/h2-18H,19H2,1H3,(H,35,39)(H,36,41)(H,37,40)/b29-18-. The van der Waals surface area contributed by atoms with Crippen LogP contribution >= 0.6 is 35.0 Å². The lowest BCUT2D eigenvalue weighted by Gasteiger charge is -2.13. The topological polar surface area (TPSA) is 104 Å². The van der Waals surface area contributed by atoms with Gasteiger partial charge in [0.15, 0.2) is 5.78 Å². The molecule has 0 saturated heterocycles. The van der Waals surface area contributed by atoms with Crippen molar-refractivity contribution in [3.63, 3.8) is 0 Å². The van der Waals surface area contributed by atoms with Crippen LogP contribution in [0.15, 0.2) is 108 Å². The number of hydrogen-bond donors (Lipinski definition) is 3. The Balaban J connectivity index is 1.41. The number of carbonyl (C=O) groups excluding carboxylic acids is 4. The lowest BCUT2D eigenvalue weighted by atomic mass is 10.1. The molecule has 0 aromatic heterocycles. The summed E-state index contributed by atoms with van der Waals surface area (Å²) < 4.78 is 0. The first-order valence-electron chi connectivity index (χ1n) is 12.7. The third-order valence-corrected chi connectivity index (χ3v) is 7.55. The molecule has 0 aliphatic rings. The molecule has 212 valence electrons. The molecule has 0 aliphatic heterocycles. The third kappa shape index (κ3) is 8.57. The van der Waals surface area contributed by atoms with Gasteiger partial charge in [-0.25, -0.2) is 0 Å². The Hall–Kier alpha value is -4.37. The van der Waals surface area contributed by atoms with E-state index in [0.717, 1.165) is 4.90 Å². The maximum atomic E-state index is 13.3. The minimum absolute atomic E-state index is 0.0442. The normalized spacial score (nSPS) is 11.0. The molecule has 7 nitrogen and oxygen atoms in total. The molecule has 10 heteroatoms. The first kappa shape index (κ1) is 30.6. The highest BCUT2D eigenvalue weighted by molar-refractivity contribution is 8.00. The van der Waals surface area contributed by atoms with E-state index in [2.05, 4.69) is 16.0 Å². The lowest BCUT2D eigenvalue weighted by molar-refractivity contribution is -0.114. The van der Waals surface area contributed by atoms with Crippen molar-refractivity contribution in [2.24, 2.45) is 0 Å². The maximum Gasteiger partial charge on any atom is 0.272 e. The SMILES string of the molecule is CC(=O)c1ccc(NC(=O)CSc2ccc(NC(=O)/C(=C/c3c(Cl)cccc3Cl)NC(=O)c3ccccc3)cc2)cc1. The minimum atomic E-state index is -0.578. The molecule has 0 heterocycles. The van der Waals surface area contributed by atoms with Gasteiger partial charge < -0.3 is 16.0 Å². The summed E-state index contributed by atoms with van der Waals surface area (Å²) in [6.07, 6.45) is 1.43. The van der Waals surface area contributed by atoms with E-state index in [-0.39, 0.29) is 23.1 Å². The highest BCUT2D eigenvalue weighted by Crippen LogP contribution is 2.27. The number of Topliss-reactive ketones (excluding diaryl/α,β-unsaturated/α-hetero) is 1. The maximum absolute atomic E-state index is 13.3. The molecule has 0 spiro atoms. The summed E-state index contributed by atoms with van der Waals surface area (Å²) in [5.41, 5.74) is 2.36. The number of thioether (sulfide) groups is 1. The molecule has 3 N–H and O–H groups in total. The number of rotatable bonds is 10. The van der Waals surface area contributed by atoms with E-state index in [1.807, 2.05) is 0 Å². The molecule has 0 radical (unpaired) electrons. The molecule has 0 unspecified atom stereocenters. The summed E-state index contributed by atoms with van der Waals surface area (Å²) in [6, 6.07) is 27.1. The van der Waals surface area contributed by atoms with E-state index in [4.69, 9.17) is 23.2 Å². The van der Waals surface area contributed by atoms with Crippen LogP contribution in [0.2, 0.25) is 10.0 Å². The number of benzene rings is 4. The second-order valence-corrected chi connectivity index (χ2v) is 10.8. The summed E-state index contributed by atoms with van der Waals surface area (Å²) in [6.45, 7) is 1.48. The van der Waals surface area contributed by atoms with E-state index in [0.29, 0.717) is 38.1 Å². The van der Waals surface area contributed by atoms with Gasteiger partial charge in [0.05, 0.1) is 5.75 Å². The van der Waals surface area contributed by atoms with Crippen LogP contribution in [0.3, 0.4) is 0 Å². The highest BCUT2D eigenvalue weighted by Gasteiger charge is 2.17. The van der Waals surface area contributed by atoms with Crippen molar-refractivity contribution in [1.82, 2.24) is 5.32 Å². The van der Waals surface area contributed by atoms with Crippen LogP contribution in [0.1, 0.15) is 33.2 Å². The van der Waals surface area contributed by atoms with E-state index in [9.17, 15) is 19.2 Å². The summed E-state index contributed by atoms with van der Waals surface area (Å²) >= 11 is 13.9. The molecule has 42 heavy (non-hydrogen) atoms. The largest absolute Gasteiger partial charge is 0.325 e. The molecular formula is C32H25Cl2N3O4S. The average Bonchev–Trinajstić information content (AvgIpc) is 2.98. The highest BCUT2D eigenvalue weighted by atomic mass is 35.5. The van der Waals surface area contributed by atoms with Gasteiger partial charge in [0.25, 0.3) is 11.8 Å². The Morgan fingerprint density at radius 1 is 0.714 bits per heavy atom. The number of carbonyl (C=O) groups is 4. The summed E-state index contributed by atoms with van der Waals surface area (Å²) in [5, 5.41) is 8.87. The Labute approximate surface area is 257 Å². The number of amides is 3. The number of hydrogen-bond acceptors (Lipinski definition) is 5. The second-order valence-electron chi connectivity index (χ2n) is 8.96. The predicted octanol–water partition coefficient (Wildman–Crippen LogP) is 7.34. The Bertz CT molecular complexity index is 1620. The van der Waals surface area contributed by atoms with Crippen molar-refractivity contribution < 1.29 is 19.2 Å². The summed E-state index contributed by atoms with van der Waals surface area (Å²) in [7, 11) is 0. The van der Waals surface area contributed by atoms with Crippen molar-refractivity contribution in [1.29, 1.82) is 0 Å². The molecule has 0 bridgehead atoms. The van der Waals surface area contributed by atoms with Crippen molar-refractivity contribution in [2.75, 3.05) is 16.4 Å². The van der Waals surface area contributed by atoms with Gasteiger partial charge in [-0.05, 0) is 85.8 Å². The van der Waals surface area contributed by atoms with Gasteiger partial charge in [0.2, 0.25) is 5.91 Å². The summed E-state index contributed by atoms with van der Waals surface area (Å²) in [5.74, 6) is -1.13. The predicted molar refractivity (Wildman–Crippen MR) is 169 cm³/mol. The molecule has 4 aromatic rings. The van der Waals surface area contributed by atoms with Gasteiger partial charge in [0.1, 0.15) is 5.70 Å². The van der Waals surface area contributed by atoms with E-state index in [1.54, 1.807) is 97.1 Å². The van der Waals surface area contributed by atoms with Crippen molar-refractivity contribution >= 4 is 75.9 Å². The summed E-state index contributed by atoms with van der Waals surface area (Å²) in [4.78, 5) is 50.7. The molecule has 0 aliphatic carbocycles. The van der Waals surface area contributed by atoms with E-state index < -0.39 is 11.8 Å². The van der Waals surface area contributed by atoms with Gasteiger partial charge in [-0.1, -0.05) is 47.5 Å². The van der Waals surface area contributed by atoms with Crippen LogP contribution in [0.4, 0.5) is 11.4 Å². The minimum Gasteiger partial charge on any atom is -0.325 e. The first-order valence-corrected chi connectivity index (χ1v) is 14.4.